The summed E-state index contributed by atoms with van der Waals surface area (Å²) >= 11 is 0. The molecule has 2 aliphatic carbocycles. The number of piperidine rings is 1. The summed E-state index contributed by atoms with van der Waals surface area (Å²) in [6, 6.07) is 12.7. The Hall–Kier alpha value is -2.50. The average Bonchev–Trinajstić information content (AvgIpc) is 3.26. The first-order valence-corrected chi connectivity index (χ1v) is 11.5. The number of aromatic hydroxyl groups is 1. The molecule has 2 bridgehead atoms. The Morgan fingerprint density at radius 2 is 2.10 bits per heavy atom. The highest BCUT2D eigenvalue weighted by molar-refractivity contribution is 5.86. The van der Waals surface area contributed by atoms with Crippen molar-refractivity contribution in [3.8, 4) is 11.5 Å². The molecule has 5 nitrogen and oxygen atoms in total. The number of para-hydroxylation sites is 1. The summed E-state index contributed by atoms with van der Waals surface area (Å²) in [5.74, 6) is 0.905. The number of phenolic OH excluding ortho intramolecular Hbond substituents is 1. The second kappa shape index (κ2) is 5.45. The molecule has 2 aliphatic heterocycles. The Kier molecular flexibility index (Phi) is 3.19. The summed E-state index contributed by atoms with van der Waals surface area (Å²) in [6.45, 7) is 5.98. The fourth-order valence-corrected chi connectivity index (χ4v) is 7.86. The van der Waals surface area contributed by atoms with Crippen LogP contribution in [-0.2, 0) is 28.6 Å². The van der Waals surface area contributed by atoms with Gasteiger partial charge in [-0.15, -0.1) is 0 Å². The largest absolute Gasteiger partial charge is 0.504 e. The molecular formula is C26H28N2O3. The van der Waals surface area contributed by atoms with Gasteiger partial charge in [0.15, 0.2) is 17.1 Å². The molecule has 5 heteroatoms. The molecule has 4 atom stereocenters. The molecule has 31 heavy (non-hydrogen) atoms. The third kappa shape index (κ3) is 1.74. The maximum Gasteiger partial charge on any atom is 0.166 e. The van der Waals surface area contributed by atoms with Crippen LogP contribution in [0.4, 0.5) is 0 Å². The smallest absolute Gasteiger partial charge is 0.166 e. The number of fused-ring (bicyclic) bond motifs is 4. The van der Waals surface area contributed by atoms with Gasteiger partial charge in [0.05, 0.1) is 11.1 Å². The fourth-order valence-electron chi connectivity index (χ4n) is 7.86. The zero-order valence-electron chi connectivity index (χ0n) is 18.3. The van der Waals surface area contributed by atoms with E-state index in [1.165, 1.54) is 22.1 Å². The maximum atomic E-state index is 10.9. The molecular weight excluding hydrogens is 388 g/mol. The Bertz CT molecular complexity index is 1270. The van der Waals surface area contributed by atoms with E-state index in [0.717, 1.165) is 37.0 Å². The third-order valence-electron chi connectivity index (χ3n) is 8.95. The first-order valence-electron chi connectivity index (χ1n) is 11.5. The molecule has 0 amide bonds. The van der Waals surface area contributed by atoms with Crippen LogP contribution >= 0.6 is 0 Å². The number of aromatic amines is 1. The van der Waals surface area contributed by atoms with Crippen molar-refractivity contribution in [1.29, 1.82) is 0 Å². The number of phenols is 1. The molecule has 1 saturated heterocycles. The summed E-state index contributed by atoms with van der Waals surface area (Å²) in [4.78, 5) is 6.23. The zero-order chi connectivity index (χ0) is 21.2. The van der Waals surface area contributed by atoms with Gasteiger partial charge in [-0.25, -0.2) is 0 Å². The van der Waals surface area contributed by atoms with Gasteiger partial charge in [0.25, 0.3) is 0 Å². The van der Waals surface area contributed by atoms with Gasteiger partial charge in [-0.05, 0) is 63.5 Å². The number of nitrogens with zero attached hydrogens (tertiary/aromatic N) is 1. The van der Waals surface area contributed by atoms with Crippen LogP contribution in [0.25, 0.3) is 10.9 Å². The molecule has 1 fully saturated rings. The van der Waals surface area contributed by atoms with Crippen molar-refractivity contribution in [2.45, 2.75) is 55.8 Å². The van der Waals surface area contributed by atoms with Gasteiger partial charge in [-0.3, -0.25) is 0 Å². The summed E-state index contributed by atoms with van der Waals surface area (Å²) in [5, 5.41) is 12.1. The second-order valence-corrected chi connectivity index (χ2v) is 9.96. The average molecular weight is 417 g/mol. The number of nitrogens with one attached hydrogen (secondary N) is 1. The number of aromatic nitrogens is 1. The molecule has 3 aromatic rings. The van der Waals surface area contributed by atoms with Crippen LogP contribution in [0.5, 0.6) is 11.5 Å². The van der Waals surface area contributed by atoms with E-state index in [4.69, 9.17) is 9.47 Å². The first-order chi connectivity index (χ1) is 15.0. The van der Waals surface area contributed by atoms with Gasteiger partial charge in [-0.2, -0.15) is 0 Å². The predicted octanol–water partition coefficient (Wildman–Crippen LogP) is 4.01. The molecule has 2 aromatic carbocycles. The van der Waals surface area contributed by atoms with Crippen molar-refractivity contribution >= 4 is 10.9 Å². The standard InChI is InChI=1S/C26H28N2O3/c1-4-30-26-14-17-16-7-5-6-8-18(16)27-23(17)24(2)25(26)11-12-28(3)20(26)13-15-9-10-19(29)22(31-24)21(15)25/h5-10,20,27,29H,4,11-14H2,1-3H3/t20-,24-,25-,26+/m0/s1. The number of likely N-dealkylation sites (tertiary alicyclic amines) is 1. The van der Waals surface area contributed by atoms with Crippen LogP contribution in [0.1, 0.15) is 42.7 Å². The summed E-state index contributed by atoms with van der Waals surface area (Å²) in [6.07, 6.45) is 2.70. The molecule has 7 rings (SSSR count). The molecule has 1 spiro atoms. The Morgan fingerprint density at radius 3 is 2.94 bits per heavy atom. The molecule has 0 saturated carbocycles. The van der Waals surface area contributed by atoms with Crippen LogP contribution in [0.3, 0.4) is 0 Å². The SMILES string of the molecule is CCO[C@@]12Cc3c([nH]c4ccccc34)[C@]3(C)Oc4c(O)ccc5c4[C@@]31CCN(C)[C@H]2C5. The lowest BCUT2D eigenvalue weighted by molar-refractivity contribution is -0.220. The number of hydrogen-bond donors (Lipinski definition) is 2. The normalized spacial score (nSPS) is 35.0. The monoisotopic (exact) mass is 416 g/mol. The summed E-state index contributed by atoms with van der Waals surface area (Å²) < 4.78 is 13.8. The van der Waals surface area contributed by atoms with E-state index >= 15 is 0 Å². The van der Waals surface area contributed by atoms with Crippen molar-refractivity contribution < 1.29 is 14.6 Å². The molecule has 0 unspecified atom stereocenters. The molecule has 0 radical (unpaired) electrons. The molecule has 1 aromatic heterocycles. The first kappa shape index (κ1) is 18.1. The number of benzene rings is 2. The summed E-state index contributed by atoms with van der Waals surface area (Å²) in [5.41, 5.74) is 4.69. The van der Waals surface area contributed by atoms with Crippen molar-refractivity contribution in [3.05, 3.63) is 58.8 Å². The summed E-state index contributed by atoms with van der Waals surface area (Å²) in [7, 11) is 2.24. The van der Waals surface area contributed by atoms with E-state index in [9.17, 15) is 5.11 Å². The Morgan fingerprint density at radius 1 is 1.26 bits per heavy atom. The topological polar surface area (TPSA) is 57.7 Å². The van der Waals surface area contributed by atoms with E-state index in [2.05, 4.69) is 61.1 Å². The van der Waals surface area contributed by atoms with Crippen LogP contribution < -0.4 is 4.74 Å². The van der Waals surface area contributed by atoms with Crippen LogP contribution in [0.2, 0.25) is 0 Å². The van der Waals surface area contributed by atoms with E-state index in [1.807, 2.05) is 0 Å². The number of H-pyrrole nitrogens is 1. The van der Waals surface area contributed by atoms with Gasteiger partial charge in [0, 0.05) is 35.5 Å². The number of ether oxygens (including phenoxy) is 2. The molecule has 4 aliphatic rings. The van der Waals surface area contributed by atoms with E-state index in [1.54, 1.807) is 6.07 Å². The molecule has 160 valence electrons. The predicted molar refractivity (Wildman–Crippen MR) is 119 cm³/mol. The highest BCUT2D eigenvalue weighted by Gasteiger charge is 2.78. The zero-order valence-corrected chi connectivity index (χ0v) is 18.3. The minimum absolute atomic E-state index is 0.240. The number of hydrogen-bond acceptors (Lipinski definition) is 4. The van der Waals surface area contributed by atoms with Crippen LogP contribution in [0, 0.1) is 0 Å². The van der Waals surface area contributed by atoms with Crippen LogP contribution in [-0.4, -0.2) is 46.8 Å². The van der Waals surface area contributed by atoms with Crippen molar-refractivity contribution in [2.75, 3.05) is 20.2 Å². The minimum atomic E-state index is -0.634. The molecule has 3 heterocycles. The lowest BCUT2D eigenvalue weighted by Gasteiger charge is -2.66. The maximum absolute atomic E-state index is 10.9. The number of rotatable bonds is 2. The van der Waals surface area contributed by atoms with Gasteiger partial charge < -0.3 is 24.5 Å². The van der Waals surface area contributed by atoms with E-state index < -0.39 is 11.2 Å². The van der Waals surface area contributed by atoms with E-state index in [-0.39, 0.29) is 17.2 Å². The van der Waals surface area contributed by atoms with Gasteiger partial charge in [-0.1, -0.05) is 24.3 Å². The lowest BCUT2D eigenvalue weighted by Crippen LogP contribution is -2.78. The molecule has 2 N–H and O–H groups in total. The van der Waals surface area contributed by atoms with Crippen LogP contribution in [0.15, 0.2) is 36.4 Å². The fraction of sp³-hybridized carbons (Fsp3) is 0.462. The Labute approximate surface area is 182 Å². The minimum Gasteiger partial charge on any atom is -0.504 e. The van der Waals surface area contributed by atoms with Crippen molar-refractivity contribution in [3.63, 3.8) is 0 Å². The quantitative estimate of drug-likeness (QED) is 0.663. The Balaban J connectivity index is 1.66. The highest BCUT2D eigenvalue weighted by atomic mass is 16.5. The van der Waals surface area contributed by atoms with Gasteiger partial charge in [0.2, 0.25) is 0 Å². The van der Waals surface area contributed by atoms with Gasteiger partial charge in [0.1, 0.15) is 5.60 Å². The van der Waals surface area contributed by atoms with Crippen molar-refractivity contribution in [2.24, 2.45) is 0 Å². The highest BCUT2D eigenvalue weighted by Crippen LogP contribution is 2.71. The lowest BCUT2D eigenvalue weighted by atomic mass is 9.45. The number of likely N-dealkylation sites (N-methyl/N-ethyl adjacent to an activating group) is 1. The third-order valence-corrected chi connectivity index (χ3v) is 8.95. The van der Waals surface area contributed by atoms with Gasteiger partial charge >= 0.3 is 0 Å². The van der Waals surface area contributed by atoms with E-state index in [0.29, 0.717) is 12.4 Å². The van der Waals surface area contributed by atoms with Crippen molar-refractivity contribution in [1.82, 2.24) is 9.88 Å². The second-order valence-electron chi connectivity index (χ2n) is 9.96.